The topological polar surface area (TPSA) is 58.1 Å². The summed E-state index contributed by atoms with van der Waals surface area (Å²) >= 11 is 0. The SMILES string of the molecule is O=C(NCCCCN1CCCC1)c1cnc2ccccc2n1. The van der Waals surface area contributed by atoms with Crippen LogP contribution in [0.15, 0.2) is 30.5 Å². The van der Waals surface area contributed by atoms with E-state index in [1.165, 1.54) is 25.9 Å². The number of hydrogen-bond donors (Lipinski definition) is 1. The molecule has 2 heterocycles. The van der Waals surface area contributed by atoms with Crippen LogP contribution in [0.1, 0.15) is 36.2 Å². The molecule has 0 unspecified atom stereocenters. The minimum Gasteiger partial charge on any atom is -0.351 e. The molecular weight excluding hydrogens is 276 g/mol. The van der Waals surface area contributed by atoms with Crippen molar-refractivity contribution in [3.8, 4) is 0 Å². The lowest BCUT2D eigenvalue weighted by atomic mass is 10.2. The van der Waals surface area contributed by atoms with Crippen LogP contribution in [-0.4, -0.2) is 47.0 Å². The van der Waals surface area contributed by atoms with Gasteiger partial charge in [0.2, 0.25) is 0 Å². The molecule has 0 radical (unpaired) electrons. The van der Waals surface area contributed by atoms with Crippen molar-refractivity contribution in [2.45, 2.75) is 25.7 Å². The molecule has 0 bridgehead atoms. The van der Waals surface area contributed by atoms with Crippen molar-refractivity contribution in [3.05, 3.63) is 36.2 Å². The van der Waals surface area contributed by atoms with E-state index in [1.54, 1.807) is 6.20 Å². The largest absolute Gasteiger partial charge is 0.351 e. The van der Waals surface area contributed by atoms with E-state index in [-0.39, 0.29) is 5.91 Å². The molecular formula is C17H22N4O. The molecule has 1 amide bonds. The third-order valence-corrected chi connectivity index (χ3v) is 4.07. The third-order valence-electron chi connectivity index (χ3n) is 4.07. The molecule has 3 rings (SSSR count). The smallest absolute Gasteiger partial charge is 0.271 e. The molecule has 0 atom stereocenters. The van der Waals surface area contributed by atoms with Crippen LogP contribution >= 0.6 is 0 Å². The third kappa shape index (κ3) is 3.80. The highest BCUT2D eigenvalue weighted by Gasteiger charge is 2.11. The molecule has 22 heavy (non-hydrogen) atoms. The summed E-state index contributed by atoms with van der Waals surface area (Å²) in [6, 6.07) is 7.58. The van der Waals surface area contributed by atoms with Crippen molar-refractivity contribution < 1.29 is 4.79 Å². The molecule has 0 saturated carbocycles. The standard InChI is InChI=1S/C17H22N4O/c22-17(18-9-3-4-10-21-11-5-6-12-21)16-13-19-14-7-1-2-8-15(14)20-16/h1-2,7-8,13H,3-6,9-12H2,(H,18,22). The molecule has 1 saturated heterocycles. The van der Waals surface area contributed by atoms with Gasteiger partial charge in [0.15, 0.2) is 0 Å². The van der Waals surface area contributed by atoms with Gasteiger partial charge in [-0.25, -0.2) is 4.98 Å². The molecule has 0 spiro atoms. The van der Waals surface area contributed by atoms with Crippen LogP contribution in [0, 0.1) is 0 Å². The second-order valence-electron chi connectivity index (χ2n) is 5.76. The van der Waals surface area contributed by atoms with Gasteiger partial charge in [0.1, 0.15) is 5.69 Å². The molecule has 1 aliphatic rings. The average molecular weight is 298 g/mol. The Morgan fingerprint density at radius 1 is 1.14 bits per heavy atom. The Kier molecular flexibility index (Phi) is 4.96. The van der Waals surface area contributed by atoms with Gasteiger partial charge in [-0.1, -0.05) is 12.1 Å². The number of carbonyl (C=O) groups is 1. The molecule has 1 aliphatic heterocycles. The summed E-state index contributed by atoms with van der Waals surface area (Å²) in [6.07, 6.45) is 6.34. The van der Waals surface area contributed by atoms with Gasteiger partial charge < -0.3 is 10.2 Å². The minimum atomic E-state index is -0.139. The summed E-state index contributed by atoms with van der Waals surface area (Å²) in [4.78, 5) is 23.2. The van der Waals surface area contributed by atoms with Crippen LogP contribution in [0.3, 0.4) is 0 Å². The van der Waals surface area contributed by atoms with E-state index in [9.17, 15) is 4.79 Å². The zero-order chi connectivity index (χ0) is 15.2. The fourth-order valence-electron chi connectivity index (χ4n) is 2.83. The lowest BCUT2D eigenvalue weighted by molar-refractivity contribution is 0.0947. The van der Waals surface area contributed by atoms with E-state index in [0.29, 0.717) is 12.2 Å². The second kappa shape index (κ2) is 7.31. The van der Waals surface area contributed by atoms with Gasteiger partial charge >= 0.3 is 0 Å². The van der Waals surface area contributed by atoms with Crippen LogP contribution in [-0.2, 0) is 0 Å². The summed E-state index contributed by atoms with van der Waals surface area (Å²) < 4.78 is 0. The predicted molar refractivity (Wildman–Crippen MR) is 86.8 cm³/mol. The maximum absolute atomic E-state index is 12.1. The number of unbranched alkanes of at least 4 members (excludes halogenated alkanes) is 1. The van der Waals surface area contributed by atoms with Crippen LogP contribution in [0.25, 0.3) is 11.0 Å². The van der Waals surface area contributed by atoms with Crippen molar-refractivity contribution in [2.75, 3.05) is 26.2 Å². The number of carbonyl (C=O) groups excluding carboxylic acids is 1. The normalized spacial score (nSPS) is 15.3. The molecule has 1 aromatic heterocycles. The number of benzene rings is 1. The van der Waals surface area contributed by atoms with Gasteiger partial charge in [0, 0.05) is 6.54 Å². The Hall–Kier alpha value is -2.01. The highest BCUT2D eigenvalue weighted by molar-refractivity contribution is 5.93. The number of rotatable bonds is 6. The van der Waals surface area contributed by atoms with Crippen molar-refractivity contribution >= 4 is 16.9 Å². The first-order valence-electron chi connectivity index (χ1n) is 8.05. The highest BCUT2D eigenvalue weighted by Crippen LogP contribution is 2.09. The first-order chi connectivity index (χ1) is 10.8. The minimum absolute atomic E-state index is 0.139. The number of amides is 1. The number of nitrogens with one attached hydrogen (secondary N) is 1. The number of fused-ring (bicyclic) bond motifs is 1. The number of nitrogens with zero attached hydrogens (tertiary/aromatic N) is 3. The van der Waals surface area contributed by atoms with E-state index < -0.39 is 0 Å². The zero-order valence-electron chi connectivity index (χ0n) is 12.8. The van der Waals surface area contributed by atoms with Gasteiger partial charge in [-0.15, -0.1) is 0 Å². The highest BCUT2D eigenvalue weighted by atomic mass is 16.1. The summed E-state index contributed by atoms with van der Waals surface area (Å²) in [5.74, 6) is -0.139. The quantitative estimate of drug-likeness (QED) is 0.831. The fourth-order valence-corrected chi connectivity index (χ4v) is 2.83. The van der Waals surface area contributed by atoms with Crippen LogP contribution < -0.4 is 5.32 Å². The van der Waals surface area contributed by atoms with Crippen LogP contribution in [0.2, 0.25) is 0 Å². The molecule has 1 aromatic carbocycles. The lowest BCUT2D eigenvalue weighted by Crippen LogP contribution is -2.27. The molecule has 1 fully saturated rings. The van der Waals surface area contributed by atoms with Gasteiger partial charge in [0.25, 0.3) is 5.91 Å². The van der Waals surface area contributed by atoms with E-state index >= 15 is 0 Å². The average Bonchev–Trinajstić information content (AvgIpc) is 3.07. The van der Waals surface area contributed by atoms with Gasteiger partial charge in [-0.05, 0) is 57.5 Å². The Balaban J connectivity index is 1.44. The Bertz CT molecular complexity index is 637. The van der Waals surface area contributed by atoms with Crippen LogP contribution in [0.4, 0.5) is 0 Å². The fraction of sp³-hybridized carbons (Fsp3) is 0.471. The van der Waals surface area contributed by atoms with Crippen molar-refractivity contribution in [1.82, 2.24) is 20.2 Å². The first-order valence-corrected chi connectivity index (χ1v) is 8.05. The number of para-hydroxylation sites is 2. The number of likely N-dealkylation sites (tertiary alicyclic amines) is 1. The number of aromatic nitrogens is 2. The first kappa shape index (κ1) is 14.9. The molecule has 5 nitrogen and oxygen atoms in total. The zero-order valence-corrected chi connectivity index (χ0v) is 12.8. The maximum Gasteiger partial charge on any atom is 0.271 e. The Morgan fingerprint density at radius 2 is 1.91 bits per heavy atom. The van der Waals surface area contributed by atoms with E-state index in [2.05, 4.69) is 20.2 Å². The monoisotopic (exact) mass is 298 g/mol. The second-order valence-corrected chi connectivity index (χ2v) is 5.76. The molecule has 2 aromatic rings. The molecule has 5 heteroatoms. The van der Waals surface area contributed by atoms with Gasteiger partial charge in [-0.2, -0.15) is 0 Å². The van der Waals surface area contributed by atoms with Crippen LogP contribution in [0.5, 0.6) is 0 Å². The summed E-state index contributed by atoms with van der Waals surface area (Å²) in [7, 11) is 0. The predicted octanol–water partition coefficient (Wildman–Crippen LogP) is 2.24. The summed E-state index contributed by atoms with van der Waals surface area (Å²) in [6.45, 7) is 4.31. The van der Waals surface area contributed by atoms with E-state index in [0.717, 1.165) is 30.4 Å². The van der Waals surface area contributed by atoms with Crippen molar-refractivity contribution in [2.24, 2.45) is 0 Å². The Labute approximate surface area is 130 Å². The number of hydrogen-bond acceptors (Lipinski definition) is 4. The lowest BCUT2D eigenvalue weighted by Gasteiger charge is -2.13. The summed E-state index contributed by atoms with van der Waals surface area (Å²) in [5, 5.41) is 2.93. The van der Waals surface area contributed by atoms with Crippen molar-refractivity contribution in [1.29, 1.82) is 0 Å². The molecule has 0 aliphatic carbocycles. The Morgan fingerprint density at radius 3 is 2.73 bits per heavy atom. The van der Waals surface area contributed by atoms with E-state index in [4.69, 9.17) is 0 Å². The van der Waals surface area contributed by atoms with Crippen molar-refractivity contribution in [3.63, 3.8) is 0 Å². The maximum atomic E-state index is 12.1. The molecule has 1 N–H and O–H groups in total. The van der Waals surface area contributed by atoms with E-state index in [1.807, 2.05) is 24.3 Å². The van der Waals surface area contributed by atoms with Gasteiger partial charge in [0.05, 0.1) is 17.2 Å². The summed E-state index contributed by atoms with van der Waals surface area (Å²) in [5.41, 5.74) is 1.95. The molecule has 116 valence electrons. The van der Waals surface area contributed by atoms with Gasteiger partial charge in [-0.3, -0.25) is 9.78 Å².